The van der Waals surface area contributed by atoms with Crippen molar-refractivity contribution in [1.29, 1.82) is 0 Å². The first-order valence-electron chi connectivity index (χ1n) is 5.96. The molecule has 1 unspecified atom stereocenters. The van der Waals surface area contributed by atoms with Crippen molar-refractivity contribution in [3.8, 4) is 0 Å². The molecule has 0 spiro atoms. The van der Waals surface area contributed by atoms with Gasteiger partial charge < -0.3 is 9.64 Å². The van der Waals surface area contributed by atoms with E-state index in [1.807, 2.05) is 0 Å². The molecule has 0 saturated carbocycles. The number of methoxy groups -OCH3 is 1. The Bertz CT molecular complexity index is 138. The van der Waals surface area contributed by atoms with E-state index in [1.165, 1.54) is 6.42 Å². The highest BCUT2D eigenvalue weighted by Gasteiger charge is 2.12. The lowest BCUT2D eigenvalue weighted by Crippen LogP contribution is -2.35. The van der Waals surface area contributed by atoms with Gasteiger partial charge in [0.15, 0.2) is 0 Å². The average Bonchev–Trinajstić information content (AvgIpc) is 2.21. The lowest BCUT2D eigenvalue weighted by atomic mass is 10.1. The second-order valence-corrected chi connectivity index (χ2v) is 4.97. The summed E-state index contributed by atoms with van der Waals surface area (Å²) in [5.41, 5.74) is 0. The van der Waals surface area contributed by atoms with Crippen LogP contribution in [0.1, 0.15) is 27.2 Å². The lowest BCUT2D eigenvalue weighted by molar-refractivity contribution is 0.130. The Hall–Kier alpha value is 0.270. The Morgan fingerprint density at radius 1 is 1.27 bits per heavy atom. The van der Waals surface area contributed by atoms with Crippen LogP contribution in [0.15, 0.2) is 0 Å². The highest BCUT2D eigenvalue weighted by molar-refractivity contribution is 7.80. The molecule has 0 aliphatic carbocycles. The molecular formula is C12H27NOS. The quantitative estimate of drug-likeness (QED) is 0.615. The Labute approximate surface area is 101 Å². The summed E-state index contributed by atoms with van der Waals surface area (Å²) in [5.74, 6) is 2.42. The number of ether oxygens (including phenoxy) is 1. The third-order valence-electron chi connectivity index (χ3n) is 2.59. The standard InChI is InChI=1S/C12H27NOS/c1-5-12(10-15)9-13(6-7-14-4)8-11(2)3/h11-12,15H,5-10H2,1-4H3. The van der Waals surface area contributed by atoms with Crippen molar-refractivity contribution in [1.82, 2.24) is 4.90 Å². The summed E-state index contributed by atoms with van der Waals surface area (Å²) in [6.07, 6.45) is 1.21. The molecule has 0 aromatic heterocycles. The highest BCUT2D eigenvalue weighted by atomic mass is 32.1. The van der Waals surface area contributed by atoms with Crippen molar-refractivity contribution in [2.45, 2.75) is 27.2 Å². The van der Waals surface area contributed by atoms with Gasteiger partial charge in [-0.25, -0.2) is 0 Å². The van der Waals surface area contributed by atoms with E-state index in [1.54, 1.807) is 7.11 Å². The van der Waals surface area contributed by atoms with E-state index >= 15 is 0 Å². The molecule has 3 heteroatoms. The summed E-state index contributed by atoms with van der Waals surface area (Å²) >= 11 is 4.39. The molecule has 0 aromatic rings. The van der Waals surface area contributed by atoms with Gasteiger partial charge in [-0.05, 0) is 17.6 Å². The van der Waals surface area contributed by atoms with Gasteiger partial charge in [-0.15, -0.1) is 0 Å². The summed E-state index contributed by atoms with van der Waals surface area (Å²) in [7, 11) is 1.77. The zero-order valence-electron chi connectivity index (χ0n) is 10.7. The predicted octanol–water partition coefficient (Wildman–Crippen LogP) is 2.55. The van der Waals surface area contributed by atoms with Gasteiger partial charge >= 0.3 is 0 Å². The summed E-state index contributed by atoms with van der Waals surface area (Å²) in [6, 6.07) is 0. The van der Waals surface area contributed by atoms with Crippen LogP contribution in [-0.2, 0) is 4.74 Å². The van der Waals surface area contributed by atoms with Crippen LogP contribution in [0.5, 0.6) is 0 Å². The smallest absolute Gasteiger partial charge is 0.0589 e. The van der Waals surface area contributed by atoms with Gasteiger partial charge in [0.1, 0.15) is 0 Å². The second kappa shape index (κ2) is 9.49. The maximum Gasteiger partial charge on any atom is 0.0589 e. The minimum Gasteiger partial charge on any atom is -0.383 e. The normalized spacial score (nSPS) is 13.8. The second-order valence-electron chi connectivity index (χ2n) is 4.60. The zero-order chi connectivity index (χ0) is 11.7. The molecule has 0 aliphatic rings. The molecule has 0 N–H and O–H groups in total. The van der Waals surface area contributed by atoms with E-state index in [4.69, 9.17) is 4.74 Å². The summed E-state index contributed by atoms with van der Waals surface area (Å²) < 4.78 is 5.14. The van der Waals surface area contributed by atoms with Crippen LogP contribution in [-0.4, -0.2) is 44.0 Å². The number of hydrogen-bond donors (Lipinski definition) is 1. The van der Waals surface area contributed by atoms with E-state index in [0.717, 1.165) is 37.9 Å². The van der Waals surface area contributed by atoms with E-state index < -0.39 is 0 Å². The molecule has 0 heterocycles. The van der Waals surface area contributed by atoms with Crippen LogP contribution >= 0.6 is 12.6 Å². The van der Waals surface area contributed by atoms with Crippen molar-refractivity contribution >= 4 is 12.6 Å². The highest BCUT2D eigenvalue weighted by Crippen LogP contribution is 2.09. The fourth-order valence-electron chi connectivity index (χ4n) is 1.67. The fraction of sp³-hybridized carbons (Fsp3) is 1.00. The van der Waals surface area contributed by atoms with Crippen LogP contribution in [0.4, 0.5) is 0 Å². The first-order chi connectivity index (χ1) is 7.13. The Morgan fingerprint density at radius 3 is 2.33 bits per heavy atom. The SMILES string of the molecule is CCC(CS)CN(CCOC)CC(C)C. The number of rotatable bonds is 9. The number of nitrogens with zero attached hydrogens (tertiary/aromatic N) is 1. The fourth-order valence-corrected chi connectivity index (χ4v) is 2.05. The van der Waals surface area contributed by atoms with Crippen LogP contribution in [0.25, 0.3) is 0 Å². The molecule has 0 fully saturated rings. The first-order valence-corrected chi connectivity index (χ1v) is 6.59. The predicted molar refractivity (Wildman–Crippen MR) is 70.8 cm³/mol. The minimum atomic E-state index is 0.712. The lowest BCUT2D eigenvalue weighted by Gasteiger charge is -2.27. The van der Waals surface area contributed by atoms with Gasteiger partial charge in [0.05, 0.1) is 6.61 Å². The Kier molecular flexibility index (Phi) is 9.66. The van der Waals surface area contributed by atoms with E-state index in [9.17, 15) is 0 Å². The molecule has 1 atom stereocenters. The monoisotopic (exact) mass is 233 g/mol. The van der Waals surface area contributed by atoms with Gasteiger partial charge in [-0.3, -0.25) is 0 Å². The van der Waals surface area contributed by atoms with E-state index in [-0.39, 0.29) is 0 Å². The summed E-state index contributed by atoms with van der Waals surface area (Å²) in [6.45, 7) is 11.0. The Morgan fingerprint density at radius 2 is 1.93 bits per heavy atom. The van der Waals surface area contributed by atoms with E-state index in [2.05, 4.69) is 38.3 Å². The van der Waals surface area contributed by atoms with Crippen LogP contribution < -0.4 is 0 Å². The van der Waals surface area contributed by atoms with Crippen LogP contribution in [0.2, 0.25) is 0 Å². The van der Waals surface area contributed by atoms with Gasteiger partial charge in [-0.2, -0.15) is 12.6 Å². The molecule has 2 nitrogen and oxygen atoms in total. The maximum absolute atomic E-state index is 5.14. The van der Waals surface area contributed by atoms with Crippen LogP contribution in [0.3, 0.4) is 0 Å². The van der Waals surface area contributed by atoms with Gasteiger partial charge in [-0.1, -0.05) is 27.2 Å². The van der Waals surface area contributed by atoms with Gasteiger partial charge in [0.25, 0.3) is 0 Å². The van der Waals surface area contributed by atoms with Gasteiger partial charge in [0.2, 0.25) is 0 Å². The number of hydrogen-bond acceptors (Lipinski definition) is 3. The van der Waals surface area contributed by atoms with Gasteiger partial charge in [0, 0.05) is 26.7 Å². The van der Waals surface area contributed by atoms with Crippen molar-refractivity contribution < 1.29 is 4.74 Å². The summed E-state index contributed by atoms with van der Waals surface area (Å²) in [5, 5.41) is 0. The largest absolute Gasteiger partial charge is 0.383 e. The third-order valence-corrected chi connectivity index (χ3v) is 3.10. The first kappa shape index (κ1) is 15.3. The topological polar surface area (TPSA) is 12.5 Å². The average molecular weight is 233 g/mol. The molecule has 0 saturated heterocycles. The maximum atomic E-state index is 5.14. The molecule has 0 bridgehead atoms. The molecule has 15 heavy (non-hydrogen) atoms. The van der Waals surface area contributed by atoms with Crippen molar-refractivity contribution in [3.05, 3.63) is 0 Å². The van der Waals surface area contributed by atoms with Crippen molar-refractivity contribution in [3.63, 3.8) is 0 Å². The molecule has 0 amide bonds. The van der Waals surface area contributed by atoms with Crippen molar-refractivity contribution in [2.75, 3.05) is 39.1 Å². The molecular weight excluding hydrogens is 206 g/mol. The third kappa shape index (κ3) is 8.12. The molecule has 0 aliphatic heterocycles. The van der Waals surface area contributed by atoms with Crippen LogP contribution in [0, 0.1) is 11.8 Å². The summed E-state index contributed by atoms with van der Waals surface area (Å²) in [4.78, 5) is 2.50. The molecule has 92 valence electrons. The zero-order valence-corrected chi connectivity index (χ0v) is 11.6. The molecule has 0 radical (unpaired) electrons. The minimum absolute atomic E-state index is 0.712. The van der Waals surface area contributed by atoms with Crippen molar-refractivity contribution in [2.24, 2.45) is 11.8 Å². The van der Waals surface area contributed by atoms with E-state index in [0.29, 0.717) is 5.92 Å². The Balaban J connectivity index is 3.97. The number of thiol groups is 1. The molecule has 0 rings (SSSR count). The molecule has 0 aromatic carbocycles.